The van der Waals surface area contributed by atoms with Crippen LogP contribution in [0.15, 0.2) is 332 Å². The summed E-state index contributed by atoms with van der Waals surface area (Å²) in [5.41, 5.74) is 14.1. The molecule has 20 rings (SSSR count). The van der Waals surface area contributed by atoms with Crippen LogP contribution in [0.3, 0.4) is 0 Å². The first-order chi connectivity index (χ1) is 47.1. The van der Waals surface area contributed by atoms with Gasteiger partial charge in [0.1, 0.15) is 11.2 Å². The van der Waals surface area contributed by atoms with Crippen molar-refractivity contribution in [1.29, 1.82) is 0 Å². The molecular formula is C90H54N4O. The molecule has 0 aliphatic carbocycles. The summed E-state index contributed by atoms with van der Waals surface area (Å²) in [7, 11) is 0. The van der Waals surface area contributed by atoms with Crippen molar-refractivity contribution >= 4 is 130 Å². The predicted octanol–water partition coefficient (Wildman–Crippen LogP) is 24.4. The van der Waals surface area contributed by atoms with E-state index in [2.05, 4.69) is 267 Å². The molecule has 17 aromatic carbocycles. The molecule has 0 atom stereocenters. The van der Waals surface area contributed by atoms with Crippen LogP contribution in [0, 0.1) is 0 Å². The van der Waals surface area contributed by atoms with Crippen LogP contribution in [0.2, 0.25) is 0 Å². The Labute approximate surface area is 546 Å². The van der Waals surface area contributed by atoms with Crippen molar-refractivity contribution in [2.45, 2.75) is 0 Å². The Balaban J connectivity index is 0.000000136. The van der Waals surface area contributed by atoms with Crippen molar-refractivity contribution in [2.75, 3.05) is 0 Å². The van der Waals surface area contributed by atoms with Crippen molar-refractivity contribution < 1.29 is 4.42 Å². The molecule has 0 saturated heterocycles. The lowest BCUT2D eigenvalue weighted by molar-refractivity contribution is 0.669. The van der Waals surface area contributed by atoms with Gasteiger partial charge in [0.2, 0.25) is 0 Å². The van der Waals surface area contributed by atoms with Crippen LogP contribution >= 0.6 is 0 Å². The SMILES string of the molecule is c1ccc(-c2nc(-c3cccc4oc5ccccc5c34)c3ccc(-c4ccc5c(ccc6ccc7c8ccccc8ccc7c65)c4)cc3n2)cc1.c1ccc(-c2nc(-c3ccccc3)c3ccc(-c4ccc5c(ccc6ccc7c8ccccc8ccc7c65)c4)cc3n2)cc1. The molecule has 0 radical (unpaired) electrons. The fourth-order valence-electron chi connectivity index (χ4n) is 14.7. The molecule has 0 unspecified atom stereocenters. The molecule has 0 aliphatic rings. The third-order valence-electron chi connectivity index (χ3n) is 19.3. The molecule has 0 fully saturated rings. The number of para-hydroxylation sites is 1. The molecule has 0 saturated carbocycles. The van der Waals surface area contributed by atoms with E-state index in [1.165, 1.54) is 91.7 Å². The van der Waals surface area contributed by atoms with Gasteiger partial charge in [-0.15, -0.1) is 0 Å². The van der Waals surface area contributed by atoms with Crippen LogP contribution in [0.4, 0.5) is 0 Å². The number of furan rings is 1. The molecule has 5 heteroatoms. The van der Waals surface area contributed by atoms with Gasteiger partial charge in [0, 0.05) is 43.8 Å². The molecule has 0 bridgehead atoms. The minimum absolute atomic E-state index is 0.699. The Hall–Kier alpha value is -12.7. The highest BCUT2D eigenvalue weighted by Crippen LogP contribution is 2.43. The molecule has 440 valence electrons. The van der Waals surface area contributed by atoms with Gasteiger partial charge in [0.05, 0.1) is 22.4 Å². The van der Waals surface area contributed by atoms with Gasteiger partial charge in [-0.05, 0) is 157 Å². The molecule has 0 aliphatic heterocycles. The molecule has 3 heterocycles. The smallest absolute Gasteiger partial charge is 0.160 e. The minimum atomic E-state index is 0.699. The zero-order chi connectivity index (χ0) is 62.5. The normalized spacial score (nSPS) is 11.8. The second-order valence-electron chi connectivity index (χ2n) is 24.7. The van der Waals surface area contributed by atoms with Gasteiger partial charge in [0.15, 0.2) is 11.6 Å². The maximum Gasteiger partial charge on any atom is 0.160 e. The average Bonchev–Trinajstić information content (AvgIpc) is 1.60. The summed E-state index contributed by atoms with van der Waals surface area (Å²) >= 11 is 0. The number of aromatic nitrogens is 4. The monoisotopic (exact) mass is 1210 g/mol. The van der Waals surface area contributed by atoms with Gasteiger partial charge in [0.25, 0.3) is 0 Å². The van der Waals surface area contributed by atoms with Crippen LogP contribution in [0.1, 0.15) is 0 Å². The van der Waals surface area contributed by atoms with Gasteiger partial charge in [-0.25, -0.2) is 19.9 Å². The van der Waals surface area contributed by atoms with E-state index >= 15 is 0 Å². The summed E-state index contributed by atoms with van der Waals surface area (Å²) in [6.45, 7) is 0. The number of nitrogens with zero attached hydrogens (tertiary/aromatic N) is 4. The lowest BCUT2D eigenvalue weighted by Gasteiger charge is -2.13. The van der Waals surface area contributed by atoms with Crippen LogP contribution in [0.25, 0.3) is 197 Å². The topological polar surface area (TPSA) is 64.7 Å². The molecule has 95 heavy (non-hydrogen) atoms. The average molecular weight is 1210 g/mol. The number of hydrogen-bond donors (Lipinski definition) is 0. The maximum atomic E-state index is 6.28. The molecule has 0 N–H and O–H groups in total. The Kier molecular flexibility index (Phi) is 12.5. The Morgan fingerprint density at radius 1 is 0.189 bits per heavy atom. The second-order valence-corrected chi connectivity index (χ2v) is 24.7. The fourth-order valence-corrected chi connectivity index (χ4v) is 14.7. The van der Waals surface area contributed by atoms with Crippen molar-refractivity contribution in [1.82, 2.24) is 19.9 Å². The zero-order valence-corrected chi connectivity index (χ0v) is 51.4. The number of benzene rings is 17. The van der Waals surface area contributed by atoms with Crippen LogP contribution in [-0.4, -0.2) is 19.9 Å². The second kappa shape index (κ2) is 22.0. The highest BCUT2D eigenvalue weighted by molar-refractivity contribution is 6.26. The molecule has 0 amide bonds. The minimum Gasteiger partial charge on any atom is -0.456 e. The van der Waals surface area contributed by atoms with E-state index in [0.29, 0.717) is 5.82 Å². The molecule has 5 nitrogen and oxygen atoms in total. The summed E-state index contributed by atoms with van der Waals surface area (Å²) in [5.74, 6) is 1.43. The van der Waals surface area contributed by atoms with Crippen LogP contribution < -0.4 is 0 Å². The first-order valence-corrected chi connectivity index (χ1v) is 32.3. The van der Waals surface area contributed by atoms with Crippen LogP contribution in [-0.2, 0) is 0 Å². The van der Waals surface area contributed by atoms with Gasteiger partial charge < -0.3 is 4.42 Å². The van der Waals surface area contributed by atoms with Crippen molar-refractivity contribution in [3.8, 4) is 67.5 Å². The Bertz CT molecular complexity index is 6520. The summed E-state index contributed by atoms with van der Waals surface area (Å²) in [4.78, 5) is 20.5. The third kappa shape index (κ3) is 9.16. The first kappa shape index (κ1) is 54.1. The summed E-state index contributed by atoms with van der Waals surface area (Å²) in [6.07, 6.45) is 0. The molecular weight excluding hydrogens is 1150 g/mol. The van der Waals surface area contributed by atoms with E-state index < -0.39 is 0 Å². The summed E-state index contributed by atoms with van der Waals surface area (Å²) in [5, 5.41) is 24.6. The van der Waals surface area contributed by atoms with E-state index in [1.807, 2.05) is 60.7 Å². The maximum absolute atomic E-state index is 6.28. The summed E-state index contributed by atoms with van der Waals surface area (Å²) < 4.78 is 6.28. The van der Waals surface area contributed by atoms with E-state index in [1.54, 1.807) is 0 Å². The number of rotatable bonds is 6. The fraction of sp³-hybridized carbons (Fsp3) is 0. The van der Waals surface area contributed by atoms with Gasteiger partial charge >= 0.3 is 0 Å². The highest BCUT2D eigenvalue weighted by Gasteiger charge is 2.20. The summed E-state index contributed by atoms with van der Waals surface area (Å²) in [6, 6.07) is 117. The molecule has 3 aromatic heterocycles. The van der Waals surface area contributed by atoms with Crippen molar-refractivity contribution in [3.63, 3.8) is 0 Å². The predicted molar refractivity (Wildman–Crippen MR) is 399 cm³/mol. The standard InChI is InChI=1S/C48H28N2O.C42H26N2/c1-2-10-31(11-3-1)48-49-42-28-33(22-26-39(42)47(50-48)41-14-8-16-44-46(41)40-13-6-7-15-43(40)51-44)32-21-23-36-34(27-32)18-17-30-20-24-37-35-12-5-4-9-29(35)19-25-38(37)45(30)36;1-3-10-29(11-4-1)41-38-24-20-32(26-39(38)43-42(44-41)30-12-5-2-6-13-30)31-19-21-35-33(25-31)16-15-28-18-22-36-34-14-8-7-9-27(34)17-23-37(36)40(28)35/h1-28H;1-26H. The van der Waals surface area contributed by atoms with Crippen molar-refractivity contribution in [3.05, 3.63) is 328 Å². The lowest BCUT2D eigenvalue weighted by atomic mass is 9.92. The van der Waals surface area contributed by atoms with E-state index in [0.717, 1.165) is 99.9 Å². The van der Waals surface area contributed by atoms with E-state index in [9.17, 15) is 0 Å². The Morgan fingerprint density at radius 2 is 0.579 bits per heavy atom. The third-order valence-corrected chi connectivity index (χ3v) is 19.3. The molecule has 0 spiro atoms. The largest absolute Gasteiger partial charge is 0.456 e. The Morgan fingerprint density at radius 3 is 1.13 bits per heavy atom. The van der Waals surface area contributed by atoms with Gasteiger partial charge in [-0.2, -0.15) is 0 Å². The first-order valence-electron chi connectivity index (χ1n) is 32.3. The van der Waals surface area contributed by atoms with Gasteiger partial charge in [-0.1, -0.05) is 279 Å². The highest BCUT2D eigenvalue weighted by atomic mass is 16.3. The van der Waals surface area contributed by atoms with Gasteiger partial charge in [-0.3, -0.25) is 0 Å². The quantitative estimate of drug-likeness (QED) is 0.155. The lowest BCUT2D eigenvalue weighted by Crippen LogP contribution is -1.96. The zero-order valence-electron chi connectivity index (χ0n) is 51.4. The van der Waals surface area contributed by atoms with E-state index in [-0.39, 0.29) is 0 Å². The van der Waals surface area contributed by atoms with Crippen molar-refractivity contribution in [2.24, 2.45) is 0 Å². The van der Waals surface area contributed by atoms with E-state index in [4.69, 9.17) is 24.4 Å². The number of fused-ring (bicyclic) bond motifs is 19. The number of hydrogen-bond acceptors (Lipinski definition) is 5. The van der Waals surface area contributed by atoms with Crippen LogP contribution in [0.5, 0.6) is 0 Å². The molecule has 20 aromatic rings.